The SMILES string of the molecule is CCOC1CC(NC(C)COC)C1. The molecule has 78 valence electrons. The molecule has 1 atom stereocenters. The maximum Gasteiger partial charge on any atom is 0.0613 e. The zero-order chi connectivity index (χ0) is 9.68. The van der Waals surface area contributed by atoms with E-state index in [1.807, 2.05) is 6.92 Å². The quantitative estimate of drug-likeness (QED) is 0.677. The minimum absolute atomic E-state index is 0.456. The molecule has 0 aromatic carbocycles. The summed E-state index contributed by atoms with van der Waals surface area (Å²) in [6.45, 7) is 5.83. The number of rotatable bonds is 6. The van der Waals surface area contributed by atoms with Crippen LogP contribution in [0.25, 0.3) is 0 Å². The highest BCUT2D eigenvalue weighted by molar-refractivity contribution is 4.87. The van der Waals surface area contributed by atoms with Crippen LogP contribution in [0.1, 0.15) is 26.7 Å². The van der Waals surface area contributed by atoms with E-state index in [0.29, 0.717) is 18.2 Å². The Morgan fingerprint density at radius 1 is 1.46 bits per heavy atom. The van der Waals surface area contributed by atoms with E-state index < -0.39 is 0 Å². The summed E-state index contributed by atoms with van der Waals surface area (Å²) < 4.78 is 10.5. The molecule has 0 aromatic heterocycles. The highest BCUT2D eigenvalue weighted by Crippen LogP contribution is 2.23. The summed E-state index contributed by atoms with van der Waals surface area (Å²) in [5, 5.41) is 3.50. The van der Waals surface area contributed by atoms with Crippen LogP contribution in [0.5, 0.6) is 0 Å². The van der Waals surface area contributed by atoms with Gasteiger partial charge in [0.2, 0.25) is 0 Å². The van der Waals surface area contributed by atoms with Gasteiger partial charge >= 0.3 is 0 Å². The molecule has 0 spiro atoms. The largest absolute Gasteiger partial charge is 0.383 e. The van der Waals surface area contributed by atoms with Crippen molar-refractivity contribution >= 4 is 0 Å². The van der Waals surface area contributed by atoms with Gasteiger partial charge in [-0.3, -0.25) is 0 Å². The molecule has 1 saturated carbocycles. The predicted molar refractivity (Wildman–Crippen MR) is 52.9 cm³/mol. The van der Waals surface area contributed by atoms with Gasteiger partial charge in [0.25, 0.3) is 0 Å². The summed E-state index contributed by atoms with van der Waals surface area (Å²) in [5.41, 5.74) is 0. The molecular weight excluding hydrogens is 166 g/mol. The summed E-state index contributed by atoms with van der Waals surface area (Å²) in [7, 11) is 1.74. The van der Waals surface area contributed by atoms with E-state index in [9.17, 15) is 0 Å². The number of hydrogen-bond donors (Lipinski definition) is 1. The lowest BCUT2D eigenvalue weighted by molar-refractivity contribution is -0.0141. The first-order valence-corrected chi connectivity index (χ1v) is 5.12. The number of ether oxygens (including phenoxy) is 2. The molecule has 1 unspecified atom stereocenters. The Morgan fingerprint density at radius 2 is 2.15 bits per heavy atom. The summed E-state index contributed by atoms with van der Waals surface area (Å²) >= 11 is 0. The van der Waals surface area contributed by atoms with Crippen LogP contribution in [-0.2, 0) is 9.47 Å². The van der Waals surface area contributed by atoms with Gasteiger partial charge in [-0.15, -0.1) is 0 Å². The molecule has 1 rings (SSSR count). The molecule has 1 aliphatic carbocycles. The van der Waals surface area contributed by atoms with Crippen LogP contribution in [0, 0.1) is 0 Å². The average molecular weight is 187 g/mol. The maximum absolute atomic E-state index is 5.48. The first-order valence-electron chi connectivity index (χ1n) is 5.12. The molecule has 1 N–H and O–H groups in total. The van der Waals surface area contributed by atoms with E-state index in [4.69, 9.17) is 9.47 Å². The van der Waals surface area contributed by atoms with Crippen molar-refractivity contribution in [3.05, 3.63) is 0 Å². The fraction of sp³-hybridized carbons (Fsp3) is 1.00. The van der Waals surface area contributed by atoms with E-state index in [1.165, 1.54) is 0 Å². The van der Waals surface area contributed by atoms with Crippen molar-refractivity contribution in [2.24, 2.45) is 0 Å². The minimum Gasteiger partial charge on any atom is -0.383 e. The number of methoxy groups -OCH3 is 1. The van der Waals surface area contributed by atoms with Crippen LogP contribution >= 0.6 is 0 Å². The second-order valence-corrected chi connectivity index (χ2v) is 3.77. The van der Waals surface area contributed by atoms with Crippen molar-refractivity contribution in [3.8, 4) is 0 Å². The van der Waals surface area contributed by atoms with Crippen molar-refractivity contribution in [3.63, 3.8) is 0 Å². The van der Waals surface area contributed by atoms with Gasteiger partial charge in [-0.2, -0.15) is 0 Å². The van der Waals surface area contributed by atoms with Crippen LogP contribution in [0.4, 0.5) is 0 Å². The third-order valence-corrected chi connectivity index (χ3v) is 2.43. The monoisotopic (exact) mass is 187 g/mol. The molecule has 1 aliphatic rings. The predicted octanol–water partition coefficient (Wildman–Crippen LogP) is 1.18. The van der Waals surface area contributed by atoms with Gasteiger partial charge in [-0.05, 0) is 26.7 Å². The smallest absolute Gasteiger partial charge is 0.0613 e. The topological polar surface area (TPSA) is 30.5 Å². The van der Waals surface area contributed by atoms with Crippen molar-refractivity contribution in [1.29, 1.82) is 0 Å². The molecule has 0 heterocycles. The molecule has 0 saturated heterocycles. The van der Waals surface area contributed by atoms with E-state index in [-0.39, 0.29) is 0 Å². The fourth-order valence-electron chi connectivity index (χ4n) is 1.77. The van der Waals surface area contributed by atoms with E-state index in [1.54, 1.807) is 7.11 Å². The van der Waals surface area contributed by atoms with E-state index >= 15 is 0 Å². The number of nitrogens with one attached hydrogen (secondary N) is 1. The number of hydrogen-bond acceptors (Lipinski definition) is 3. The standard InChI is InChI=1S/C10H21NO2/c1-4-13-10-5-9(6-10)11-8(2)7-12-3/h8-11H,4-7H2,1-3H3. The Morgan fingerprint density at radius 3 is 2.69 bits per heavy atom. The molecule has 0 amide bonds. The maximum atomic E-state index is 5.48. The fourth-order valence-corrected chi connectivity index (χ4v) is 1.77. The van der Waals surface area contributed by atoms with Crippen LogP contribution in [0.3, 0.4) is 0 Å². The highest BCUT2D eigenvalue weighted by Gasteiger charge is 2.29. The molecule has 0 radical (unpaired) electrons. The van der Waals surface area contributed by atoms with E-state index in [0.717, 1.165) is 26.1 Å². The Bertz CT molecular complexity index is 135. The van der Waals surface area contributed by atoms with Gasteiger partial charge in [-0.25, -0.2) is 0 Å². The van der Waals surface area contributed by atoms with Gasteiger partial charge in [0, 0.05) is 25.8 Å². The van der Waals surface area contributed by atoms with Gasteiger partial charge in [0.05, 0.1) is 12.7 Å². The van der Waals surface area contributed by atoms with Crippen molar-refractivity contribution in [1.82, 2.24) is 5.32 Å². The summed E-state index contributed by atoms with van der Waals surface area (Å²) in [5.74, 6) is 0. The van der Waals surface area contributed by atoms with Gasteiger partial charge in [0.15, 0.2) is 0 Å². The van der Waals surface area contributed by atoms with Crippen LogP contribution in [-0.4, -0.2) is 38.5 Å². The average Bonchev–Trinajstić information content (AvgIpc) is 2.01. The molecule has 3 nitrogen and oxygen atoms in total. The molecule has 13 heavy (non-hydrogen) atoms. The summed E-state index contributed by atoms with van der Waals surface area (Å²) in [6, 6.07) is 1.10. The highest BCUT2D eigenvalue weighted by atomic mass is 16.5. The van der Waals surface area contributed by atoms with Crippen molar-refractivity contribution < 1.29 is 9.47 Å². The van der Waals surface area contributed by atoms with Gasteiger partial charge in [0.1, 0.15) is 0 Å². The molecule has 1 fully saturated rings. The first-order chi connectivity index (χ1) is 6.26. The van der Waals surface area contributed by atoms with Crippen molar-refractivity contribution in [2.45, 2.75) is 44.9 Å². The molecular formula is C10H21NO2. The summed E-state index contributed by atoms with van der Waals surface area (Å²) in [6.07, 6.45) is 2.81. The van der Waals surface area contributed by atoms with Crippen molar-refractivity contribution in [2.75, 3.05) is 20.3 Å². The van der Waals surface area contributed by atoms with E-state index in [2.05, 4.69) is 12.2 Å². The normalized spacial score (nSPS) is 29.8. The molecule has 3 heteroatoms. The minimum atomic E-state index is 0.456. The Labute approximate surface area is 80.8 Å². The Balaban J connectivity index is 2.00. The third-order valence-electron chi connectivity index (χ3n) is 2.43. The Hall–Kier alpha value is -0.120. The lowest BCUT2D eigenvalue weighted by Gasteiger charge is -2.37. The van der Waals surface area contributed by atoms with Crippen LogP contribution in [0.2, 0.25) is 0 Å². The Kier molecular flexibility index (Phi) is 4.70. The molecule has 0 bridgehead atoms. The summed E-state index contributed by atoms with van der Waals surface area (Å²) in [4.78, 5) is 0. The first kappa shape index (κ1) is 11.0. The molecule has 0 aliphatic heterocycles. The third kappa shape index (κ3) is 3.63. The lowest BCUT2D eigenvalue weighted by atomic mass is 9.89. The van der Waals surface area contributed by atoms with Gasteiger partial charge in [-0.1, -0.05) is 0 Å². The molecule has 0 aromatic rings. The second kappa shape index (κ2) is 5.58. The zero-order valence-corrected chi connectivity index (χ0v) is 8.88. The van der Waals surface area contributed by atoms with Crippen LogP contribution < -0.4 is 5.32 Å². The lowest BCUT2D eigenvalue weighted by Crippen LogP contribution is -2.49. The van der Waals surface area contributed by atoms with Crippen LogP contribution in [0.15, 0.2) is 0 Å². The second-order valence-electron chi connectivity index (χ2n) is 3.77. The van der Waals surface area contributed by atoms with Gasteiger partial charge < -0.3 is 14.8 Å². The zero-order valence-electron chi connectivity index (χ0n) is 8.88.